The maximum absolute atomic E-state index is 12.5. The number of para-hydroxylation sites is 1. The third kappa shape index (κ3) is 3.73. The van der Waals surface area contributed by atoms with E-state index < -0.39 is 5.91 Å². The highest BCUT2D eigenvalue weighted by atomic mass is 35.5. The van der Waals surface area contributed by atoms with Crippen molar-refractivity contribution in [2.24, 2.45) is 0 Å². The molecule has 0 fully saturated rings. The highest BCUT2D eigenvalue weighted by Crippen LogP contribution is 2.28. The minimum Gasteiger partial charge on any atom is -0.325 e. The lowest BCUT2D eigenvalue weighted by Crippen LogP contribution is -2.13. The smallest absolute Gasteiger partial charge is 0.258 e. The summed E-state index contributed by atoms with van der Waals surface area (Å²) in [5, 5.41) is 6.77. The van der Waals surface area contributed by atoms with Crippen LogP contribution >= 0.6 is 23.2 Å². The van der Waals surface area contributed by atoms with Gasteiger partial charge in [0.1, 0.15) is 0 Å². The van der Waals surface area contributed by atoms with Gasteiger partial charge in [-0.3, -0.25) is 14.6 Å². The summed E-state index contributed by atoms with van der Waals surface area (Å²) < 4.78 is 0. The van der Waals surface area contributed by atoms with Crippen molar-refractivity contribution in [3.05, 3.63) is 64.3 Å². The van der Waals surface area contributed by atoms with Crippen LogP contribution < -0.4 is 10.6 Å². The van der Waals surface area contributed by atoms with Gasteiger partial charge in [0.25, 0.3) is 5.91 Å². The van der Waals surface area contributed by atoms with Crippen molar-refractivity contribution in [1.82, 2.24) is 4.98 Å². The van der Waals surface area contributed by atoms with Crippen LogP contribution in [-0.4, -0.2) is 16.8 Å². The molecule has 1 heterocycles. The Kier molecular flexibility index (Phi) is 4.88. The second-order valence-electron chi connectivity index (χ2n) is 5.33. The Balaban J connectivity index is 1.96. The van der Waals surface area contributed by atoms with Gasteiger partial charge >= 0.3 is 0 Å². The number of hydrogen-bond acceptors (Lipinski definition) is 3. The first kappa shape index (κ1) is 17.2. The van der Waals surface area contributed by atoms with Crippen molar-refractivity contribution in [2.75, 3.05) is 10.6 Å². The van der Waals surface area contributed by atoms with Crippen molar-refractivity contribution in [3.63, 3.8) is 0 Å². The maximum Gasteiger partial charge on any atom is 0.258 e. The van der Waals surface area contributed by atoms with E-state index in [1.807, 2.05) is 6.07 Å². The van der Waals surface area contributed by atoms with Gasteiger partial charge in [-0.1, -0.05) is 41.4 Å². The lowest BCUT2D eigenvalue weighted by molar-refractivity contribution is -0.114. The first-order valence-electron chi connectivity index (χ1n) is 7.37. The highest BCUT2D eigenvalue weighted by Gasteiger charge is 2.16. The number of nitrogens with one attached hydrogen (secondary N) is 2. The van der Waals surface area contributed by atoms with Gasteiger partial charge in [-0.05, 0) is 24.3 Å². The molecule has 5 nitrogen and oxygen atoms in total. The van der Waals surface area contributed by atoms with Crippen molar-refractivity contribution in [2.45, 2.75) is 6.92 Å². The van der Waals surface area contributed by atoms with Crippen LogP contribution in [0.25, 0.3) is 10.9 Å². The molecule has 0 saturated heterocycles. The Morgan fingerprint density at radius 1 is 1.00 bits per heavy atom. The number of fused-ring (bicyclic) bond motifs is 1. The van der Waals surface area contributed by atoms with Crippen LogP contribution in [0.4, 0.5) is 11.4 Å². The summed E-state index contributed by atoms with van der Waals surface area (Å²) >= 11 is 12.2. The predicted molar refractivity (Wildman–Crippen MR) is 100 cm³/mol. The molecular weight excluding hydrogens is 361 g/mol. The molecule has 0 spiro atoms. The number of carbonyl (C=O) groups is 2. The average molecular weight is 374 g/mol. The number of pyridine rings is 1. The number of aromatic nitrogens is 1. The molecule has 0 aliphatic rings. The molecule has 0 aliphatic heterocycles. The Labute approximate surface area is 154 Å². The largest absolute Gasteiger partial charge is 0.325 e. The van der Waals surface area contributed by atoms with Crippen molar-refractivity contribution >= 4 is 57.3 Å². The van der Waals surface area contributed by atoms with Gasteiger partial charge in [0, 0.05) is 12.3 Å². The Bertz CT molecular complexity index is 969. The maximum atomic E-state index is 12.5. The minimum absolute atomic E-state index is 0.182. The van der Waals surface area contributed by atoms with E-state index in [4.69, 9.17) is 23.2 Å². The van der Waals surface area contributed by atoms with Gasteiger partial charge in [-0.25, -0.2) is 0 Å². The summed E-state index contributed by atoms with van der Waals surface area (Å²) in [6, 6.07) is 12.0. The number of nitrogens with zero attached hydrogens (tertiary/aromatic N) is 1. The fourth-order valence-electron chi connectivity index (χ4n) is 2.43. The molecular formula is C18H13Cl2N3O2. The zero-order valence-electron chi connectivity index (χ0n) is 13.1. The number of benzene rings is 2. The molecule has 0 saturated carbocycles. The first-order chi connectivity index (χ1) is 12.0. The minimum atomic E-state index is -0.421. The summed E-state index contributed by atoms with van der Waals surface area (Å²) in [6.45, 7) is 1.42. The van der Waals surface area contributed by atoms with Crippen LogP contribution in [0.5, 0.6) is 0 Å². The average Bonchev–Trinajstić information content (AvgIpc) is 2.54. The molecule has 126 valence electrons. The fourth-order valence-corrected chi connectivity index (χ4v) is 3.00. The van der Waals surface area contributed by atoms with E-state index in [2.05, 4.69) is 15.6 Å². The molecule has 0 atom stereocenters. The molecule has 0 unspecified atom stereocenters. The van der Waals surface area contributed by atoms with Gasteiger partial charge in [0.05, 0.1) is 38.7 Å². The topological polar surface area (TPSA) is 71.1 Å². The highest BCUT2D eigenvalue weighted by molar-refractivity contribution is 6.40. The molecule has 25 heavy (non-hydrogen) atoms. The third-order valence-corrected chi connectivity index (χ3v) is 4.10. The normalized spacial score (nSPS) is 10.5. The monoisotopic (exact) mass is 373 g/mol. The van der Waals surface area contributed by atoms with Gasteiger partial charge < -0.3 is 10.6 Å². The zero-order valence-corrected chi connectivity index (χ0v) is 14.7. The van der Waals surface area contributed by atoms with Crippen LogP contribution in [0.15, 0.2) is 48.7 Å². The SMILES string of the molecule is CC(=O)Nc1cnc2c(NC(=O)c3c(Cl)cccc3Cl)cccc2c1. The summed E-state index contributed by atoms with van der Waals surface area (Å²) in [7, 11) is 0. The molecule has 0 radical (unpaired) electrons. The Morgan fingerprint density at radius 2 is 1.68 bits per heavy atom. The molecule has 7 heteroatoms. The van der Waals surface area contributed by atoms with Crippen molar-refractivity contribution < 1.29 is 9.59 Å². The summed E-state index contributed by atoms with van der Waals surface area (Å²) in [5.41, 5.74) is 1.90. The third-order valence-electron chi connectivity index (χ3n) is 3.47. The van der Waals surface area contributed by atoms with Crippen LogP contribution in [-0.2, 0) is 4.79 Å². The number of halogens is 2. The molecule has 2 N–H and O–H groups in total. The van der Waals surface area contributed by atoms with E-state index >= 15 is 0 Å². The molecule has 2 amide bonds. The van der Waals surface area contributed by atoms with Crippen LogP contribution in [0, 0.1) is 0 Å². The molecule has 0 aliphatic carbocycles. The van der Waals surface area contributed by atoms with E-state index in [1.165, 1.54) is 13.1 Å². The van der Waals surface area contributed by atoms with E-state index in [-0.39, 0.29) is 21.5 Å². The Morgan fingerprint density at radius 3 is 2.36 bits per heavy atom. The van der Waals surface area contributed by atoms with Crippen molar-refractivity contribution in [3.8, 4) is 0 Å². The molecule has 3 rings (SSSR count). The van der Waals surface area contributed by atoms with E-state index in [1.54, 1.807) is 36.4 Å². The Hall–Kier alpha value is -2.63. The molecule has 1 aromatic heterocycles. The summed E-state index contributed by atoms with van der Waals surface area (Å²) in [5.74, 6) is -0.602. The van der Waals surface area contributed by atoms with Gasteiger partial charge in [0.15, 0.2) is 0 Å². The van der Waals surface area contributed by atoms with Crippen LogP contribution in [0.2, 0.25) is 10.0 Å². The second kappa shape index (κ2) is 7.09. The standard InChI is InChI=1S/C18H13Cl2N3O2/c1-10(24)22-12-8-11-4-2-7-15(17(11)21-9-12)23-18(25)16-13(19)5-3-6-14(16)20/h2-9H,1H3,(H,22,24)(H,23,25). The predicted octanol–water partition coefficient (Wildman–Crippen LogP) is 4.75. The van der Waals surface area contributed by atoms with Gasteiger partial charge in [0.2, 0.25) is 5.91 Å². The number of hydrogen-bond donors (Lipinski definition) is 2. The van der Waals surface area contributed by atoms with Crippen molar-refractivity contribution in [1.29, 1.82) is 0 Å². The lowest BCUT2D eigenvalue weighted by Gasteiger charge is -2.11. The van der Waals surface area contributed by atoms with Gasteiger partial charge in [-0.2, -0.15) is 0 Å². The zero-order chi connectivity index (χ0) is 18.0. The second-order valence-corrected chi connectivity index (χ2v) is 6.15. The molecule has 0 bridgehead atoms. The number of amides is 2. The number of rotatable bonds is 3. The summed E-state index contributed by atoms with van der Waals surface area (Å²) in [6.07, 6.45) is 1.53. The molecule has 3 aromatic rings. The van der Waals surface area contributed by atoms with Crippen LogP contribution in [0.1, 0.15) is 17.3 Å². The fraction of sp³-hybridized carbons (Fsp3) is 0.0556. The van der Waals surface area contributed by atoms with Crippen LogP contribution in [0.3, 0.4) is 0 Å². The molecule has 2 aromatic carbocycles. The van der Waals surface area contributed by atoms with E-state index in [0.29, 0.717) is 16.9 Å². The quantitative estimate of drug-likeness (QED) is 0.695. The van der Waals surface area contributed by atoms with E-state index in [9.17, 15) is 9.59 Å². The number of carbonyl (C=O) groups excluding carboxylic acids is 2. The number of anilines is 2. The van der Waals surface area contributed by atoms with Gasteiger partial charge in [-0.15, -0.1) is 0 Å². The van der Waals surface area contributed by atoms with E-state index in [0.717, 1.165) is 5.39 Å². The lowest BCUT2D eigenvalue weighted by atomic mass is 10.1. The first-order valence-corrected chi connectivity index (χ1v) is 8.13. The summed E-state index contributed by atoms with van der Waals surface area (Å²) in [4.78, 5) is 28.0.